The van der Waals surface area contributed by atoms with Crippen LogP contribution >= 0.6 is 0 Å². The Labute approximate surface area is 62.5 Å². The van der Waals surface area contributed by atoms with Gasteiger partial charge in [-0.25, -0.2) is 0 Å². The predicted molar refractivity (Wildman–Crippen MR) is 40.0 cm³/mol. The molecule has 0 spiro atoms. The molecule has 2 heteroatoms. The summed E-state index contributed by atoms with van der Waals surface area (Å²) >= 11 is 0. The van der Waals surface area contributed by atoms with Gasteiger partial charge in [-0.1, -0.05) is 6.92 Å². The molecule has 0 aliphatic carbocycles. The van der Waals surface area contributed by atoms with Crippen molar-refractivity contribution in [1.82, 2.24) is 0 Å². The zero-order valence-corrected chi connectivity index (χ0v) is 6.96. The summed E-state index contributed by atoms with van der Waals surface area (Å²) in [6, 6.07) is 0. The third kappa shape index (κ3) is 1.70. The van der Waals surface area contributed by atoms with E-state index in [1.54, 1.807) is 7.11 Å². The minimum atomic E-state index is 0.376. The molecule has 1 rings (SSSR count). The van der Waals surface area contributed by atoms with Gasteiger partial charge in [-0.2, -0.15) is 0 Å². The Morgan fingerprint density at radius 1 is 1.40 bits per heavy atom. The lowest BCUT2D eigenvalue weighted by atomic mass is 9.97. The van der Waals surface area contributed by atoms with Gasteiger partial charge < -0.3 is 9.47 Å². The summed E-state index contributed by atoms with van der Waals surface area (Å²) in [5, 5.41) is 0. The maximum absolute atomic E-state index is 5.44. The molecule has 0 amide bonds. The van der Waals surface area contributed by atoms with E-state index in [0.717, 1.165) is 13.0 Å². The van der Waals surface area contributed by atoms with Crippen molar-refractivity contribution in [1.29, 1.82) is 0 Å². The second-order valence-electron chi connectivity index (χ2n) is 3.13. The summed E-state index contributed by atoms with van der Waals surface area (Å²) in [4.78, 5) is 0. The minimum Gasteiger partial charge on any atom is -0.381 e. The molecule has 1 saturated heterocycles. The summed E-state index contributed by atoms with van der Waals surface area (Å²) in [5.41, 5.74) is 0. The fourth-order valence-electron chi connectivity index (χ4n) is 1.38. The quantitative estimate of drug-likeness (QED) is 0.554. The number of hydrogen-bond acceptors (Lipinski definition) is 2. The highest BCUT2D eigenvalue weighted by atomic mass is 16.5. The van der Waals surface area contributed by atoms with Crippen molar-refractivity contribution in [2.45, 2.75) is 32.5 Å². The minimum absolute atomic E-state index is 0.376. The van der Waals surface area contributed by atoms with E-state index in [1.165, 1.54) is 0 Å². The standard InChI is InChI=1S/C8H16O2/c1-6-5-10-7(2)4-8(6)9-3/h6-8H,4-5H2,1-3H3. The topological polar surface area (TPSA) is 18.5 Å². The molecule has 1 fully saturated rings. The van der Waals surface area contributed by atoms with E-state index >= 15 is 0 Å². The first kappa shape index (κ1) is 8.02. The SMILES string of the molecule is COC1CC(C)OCC1C. The van der Waals surface area contributed by atoms with Crippen molar-refractivity contribution in [2.75, 3.05) is 13.7 Å². The number of methoxy groups -OCH3 is 1. The molecule has 0 aromatic carbocycles. The summed E-state index contributed by atoms with van der Waals surface area (Å²) < 4.78 is 10.7. The number of rotatable bonds is 1. The molecular formula is C8H16O2. The van der Waals surface area contributed by atoms with Crippen LogP contribution in [0.15, 0.2) is 0 Å². The van der Waals surface area contributed by atoms with Crippen LogP contribution < -0.4 is 0 Å². The van der Waals surface area contributed by atoms with Crippen molar-refractivity contribution in [3.8, 4) is 0 Å². The summed E-state index contributed by atoms with van der Waals surface area (Å²) in [6.07, 6.45) is 1.82. The Morgan fingerprint density at radius 2 is 2.10 bits per heavy atom. The van der Waals surface area contributed by atoms with Crippen LogP contribution in [0.5, 0.6) is 0 Å². The van der Waals surface area contributed by atoms with Gasteiger partial charge in [0.1, 0.15) is 0 Å². The average molecular weight is 144 g/mol. The summed E-state index contributed by atoms with van der Waals surface area (Å²) in [5.74, 6) is 0.557. The highest BCUT2D eigenvalue weighted by Crippen LogP contribution is 2.20. The van der Waals surface area contributed by atoms with Gasteiger partial charge in [-0.3, -0.25) is 0 Å². The molecule has 1 heterocycles. The maximum atomic E-state index is 5.44. The zero-order chi connectivity index (χ0) is 7.56. The van der Waals surface area contributed by atoms with E-state index in [-0.39, 0.29) is 0 Å². The molecule has 0 aromatic rings. The molecule has 3 atom stereocenters. The molecule has 1 aliphatic rings. The molecule has 0 radical (unpaired) electrons. The summed E-state index contributed by atoms with van der Waals surface area (Å²) in [7, 11) is 1.78. The largest absolute Gasteiger partial charge is 0.381 e. The third-order valence-corrected chi connectivity index (χ3v) is 2.15. The number of hydrogen-bond donors (Lipinski definition) is 0. The van der Waals surface area contributed by atoms with E-state index in [1.807, 2.05) is 0 Å². The van der Waals surface area contributed by atoms with Gasteiger partial charge in [-0.05, 0) is 13.3 Å². The molecular weight excluding hydrogens is 128 g/mol. The van der Waals surface area contributed by atoms with Crippen molar-refractivity contribution in [3.05, 3.63) is 0 Å². The maximum Gasteiger partial charge on any atom is 0.0643 e. The van der Waals surface area contributed by atoms with Crippen molar-refractivity contribution < 1.29 is 9.47 Å². The van der Waals surface area contributed by atoms with Crippen LogP contribution in [-0.2, 0) is 9.47 Å². The third-order valence-electron chi connectivity index (χ3n) is 2.15. The molecule has 0 saturated carbocycles. The van der Waals surface area contributed by atoms with Crippen LogP contribution in [0.3, 0.4) is 0 Å². The second kappa shape index (κ2) is 3.35. The molecule has 60 valence electrons. The first-order chi connectivity index (χ1) is 4.74. The molecule has 2 nitrogen and oxygen atoms in total. The Balaban J connectivity index is 2.38. The highest BCUT2D eigenvalue weighted by molar-refractivity contribution is 4.73. The average Bonchev–Trinajstić information content (AvgIpc) is 1.94. The van der Waals surface area contributed by atoms with Crippen LogP contribution in [-0.4, -0.2) is 25.9 Å². The zero-order valence-electron chi connectivity index (χ0n) is 6.96. The van der Waals surface area contributed by atoms with Crippen LogP contribution in [0.25, 0.3) is 0 Å². The monoisotopic (exact) mass is 144 g/mol. The van der Waals surface area contributed by atoms with Crippen molar-refractivity contribution in [3.63, 3.8) is 0 Å². The second-order valence-corrected chi connectivity index (χ2v) is 3.13. The van der Waals surface area contributed by atoms with Gasteiger partial charge >= 0.3 is 0 Å². The molecule has 10 heavy (non-hydrogen) atoms. The fraction of sp³-hybridized carbons (Fsp3) is 1.00. The molecule has 0 bridgehead atoms. The first-order valence-corrected chi connectivity index (χ1v) is 3.88. The Kier molecular flexibility index (Phi) is 2.69. The van der Waals surface area contributed by atoms with Crippen LogP contribution in [0, 0.1) is 5.92 Å². The van der Waals surface area contributed by atoms with E-state index in [0.29, 0.717) is 18.1 Å². The Bertz CT molecular complexity index is 103. The lowest BCUT2D eigenvalue weighted by molar-refractivity contribution is -0.0849. The van der Waals surface area contributed by atoms with Crippen molar-refractivity contribution >= 4 is 0 Å². The molecule has 0 aromatic heterocycles. The van der Waals surface area contributed by atoms with Crippen LogP contribution in [0.2, 0.25) is 0 Å². The van der Waals surface area contributed by atoms with Gasteiger partial charge in [0.05, 0.1) is 18.8 Å². The Hall–Kier alpha value is -0.0800. The van der Waals surface area contributed by atoms with E-state index < -0.39 is 0 Å². The molecule has 0 N–H and O–H groups in total. The molecule has 3 unspecified atom stereocenters. The van der Waals surface area contributed by atoms with E-state index in [2.05, 4.69) is 13.8 Å². The highest BCUT2D eigenvalue weighted by Gasteiger charge is 2.25. The van der Waals surface area contributed by atoms with Gasteiger partial charge in [0, 0.05) is 13.0 Å². The first-order valence-electron chi connectivity index (χ1n) is 3.88. The van der Waals surface area contributed by atoms with Crippen LogP contribution in [0.4, 0.5) is 0 Å². The predicted octanol–water partition coefficient (Wildman–Crippen LogP) is 1.45. The lowest BCUT2D eigenvalue weighted by Crippen LogP contribution is -2.35. The van der Waals surface area contributed by atoms with Crippen LogP contribution in [0.1, 0.15) is 20.3 Å². The van der Waals surface area contributed by atoms with Gasteiger partial charge in [0.2, 0.25) is 0 Å². The lowest BCUT2D eigenvalue weighted by Gasteiger charge is -2.31. The smallest absolute Gasteiger partial charge is 0.0643 e. The van der Waals surface area contributed by atoms with E-state index in [9.17, 15) is 0 Å². The van der Waals surface area contributed by atoms with Crippen molar-refractivity contribution in [2.24, 2.45) is 5.92 Å². The van der Waals surface area contributed by atoms with E-state index in [4.69, 9.17) is 9.47 Å². The normalized spacial score (nSPS) is 41.7. The summed E-state index contributed by atoms with van der Waals surface area (Å²) in [6.45, 7) is 5.11. The molecule has 1 aliphatic heterocycles. The fourth-order valence-corrected chi connectivity index (χ4v) is 1.38. The number of ether oxygens (including phenoxy) is 2. The van der Waals surface area contributed by atoms with Gasteiger partial charge in [-0.15, -0.1) is 0 Å². The Morgan fingerprint density at radius 3 is 2.60 bits per heavy atom. The van der Waals surface area contributed by atoms with Gasteiger partial charge in [0.15, 0.2) is 0 Å². The van der Waals surface area contributed by atoms with Gasteiger partial charge in [0.25, 0.3) is 0 Å².